The predicted molar refractivity (Wildman–Crippen MR) is 93.0 cm³/mol. The first-order valence-electron chi connectivity index (χ1n) is 6.43. The summed E-state index contributed by atoms with van der Waals surface area (Å²) in [5.41, 5.74) is 1.53. The van der Waals surface area contributed by atoms with Crippen molar-refractivity contribution in [3.05, 3.63) is 46.9 Å². The van der Waals surface area contributed by atoms with E-state index >= 15 is 0 Å². The summed E-state index contributed by atoms with van der Waals surface area (Å²) in [7, 11) is 1.61. The molecule has 7 heteroatoms. The molecule has 2 amide bonds. The van der Waals surface area contributed by atoms with Gasteiger partial charge in [-0.2, -0.15) is 0 Å². The number of methoxy groups -OCH3 is 1. The molecular weight excluding hydrogens is 366 g/mol. The van der Waals surface area contributed by atoms with E-state index in [1.807, 2.05) is 42.5 Å². The molecule has 0 fully saturated rings. The Hall–Kier alpha value is -2.12. The molecule has 0 aliphatic rings. The zero-order chi connectivity index (χ0) is 15.5. The largest absolute Gasteiger partial charge is 0.496 e. The first-order valence-corrected chi connectivity index (χ1v) is 8.04. The molecule has 2 N–H and O–H groups in total. The highest BCUT2D eigenvalue weighted by atomic mass is 79.9. The number of halogens is 1. The van der Waals surface area contributed by atoms with Gasteiger partial charge in [0.2, 0.25) is 0 Å². The maximum absolute atomic E-state index is 12.0. The summed E-state index contributed by atoms with van der Waals surface area (Å²) in [6, 6.07) is 12.7. The van der Waals surface area contributed by atoms with Gasteiger partial charge in [0.25, 0.3) is 0 Å². The average molecular weight is 378 g/mol. The minimum absolute atomic E-state index is 0.323. The molecular formula is C15H12BrN3O2S. The molecule has 112 valence electrons. The third-order valence-corrected chi connectivity index (χ3v) is 4.47. The van der Waals surface area contributed by atoms with E-state index in [-0.39, 0.29) is 6.03 Å². The number of anilines is 2. The zero-order valence-electron chi connectivity index (χ0n) is 11.6. The van der Waals surface area contributed by atoms with Crippen LogP contribution in [0.5, 0.6) is 5.75 Å². The topological polar surface area (TPSA) is 63.2 Å². The lowest BCUT2D eigenvalue weighted by molar-refractivity contribution is 0.262. The molecule has 0 saturated carbocycles. The Morgan fingerprint density at radius 1 is 1.23 bits per heavy atom. The summed E-state index contributed by atoms with van der Waals surface area (Å²) in [5.74, 6) is 0.733. The molecule has 0 spiro atoms. The number of amides is 2. The standard InChI is InChI=1S/C15H12BrN3O2S/c1-21-12-8-13-11(7-10(12)16)18-15(22-13)19-14(20)17-9-5-3-2-4-6-9/h2-8H,1H3,(H2,17,18,19,20). The van der Waals surface area contributed by atoms with Crippen molar-refractivity contribution in [2.45, 2.75) is 0 Å². The smallest absolute Gasteiger partial charge is 0.325 e. The van der Waals surface area contributed by atoms with Gasteiger partial charge in [-0.15, -0.1) is 0 Å². The Morgan fingerprint density at radius 3 is 2.73 bits per heavy atom. The maximum atomic E-state index is 12.0. The number of aromatic nitrogens is 1. The molecule has 2 aromatic carbocycles. The fraction of sp³-hybridized carbons (Fsp3) is 0.0667. The van der Waals surface area contributed by atoms with Gasteiger partial charge in [0, 0.05) is 11.8 Å². The number of nitrogens with one attached hydrogen (secondary N) is 2. The summed E-state index contributed by atoms with van der Waals surface area (Å²) in [4.78, 5) is 16.4. The monoisotopic (exact) mass is 377 g/mol. The Kier molecular flexibility index (Phi) is 4.26. The van der Waals surface area contributed by atoms with E-state index in [0.29, 0.717) is 5.13 Å². The Bertz CT molecular complexity index is 820. The highest BCUT2D eigenvalue weighted by Gasteiger charge is 2.10. The van der Waals surface area contributed by atoms with Crippen LogP contribution in [0, 0.1) is 0 Å². The lowest BCUT2D eigenvalue weighted by Crippen LogP contribution is -2.19. The summed E-state index contributed by atoms with van der Waals surface area (Å²) < 4.78 is 7.02. The minimum Gasteiger partial charge on any atom is -0.496 e. The number of carbonyl (C=O) groups is 1. The normalized spacial score (nSPS) is 10.5. The van der Waals surface area contributed by atoms with E-state index in [9.17, 15) is 4.79 Å². The molecule has 0 unspecified atom stereocenters. The van der Waals surface area contributed by atoms with E-state index < -0.39 is 0 Å². The summed E-state index contributed by atoms with van der Waals surface area (Å²) in [5, 5.41) is 6.02. The number of ether oxygens (including phenoxy) is 1. The number of hydrogen-bond donors (Lipinski definition) is 2. The van der Waals surface area contributed by atoms with E-state index in [4.69, 9.17) is 4.74 Å². The number of hydrogen-bond acceptors (Lipinski definition) is 4. The van der Waals surface area contributed by atoms with Crippen LogP contribution in [0.4, 0.5) is 15.6 Å². The van der Waals surface area contributed by atoms with Gasteiger partial charge in [0.15, 0.2) is 5.13 Å². The van der Waals surface area contributed by atoms with Gasteiger partial charge in [-0.25, -0.2) is 9.78 Å². The van der Waals surface area contributed by atoms with Crippen molar-refractivity contribution in [2.75, 3.05) is 17.7 Å². The quantitative estimate of drug-likeness (QED) is 0.694. The molecule has 0 aliphatic carbocycles. The van der Waals surface area contributed by atoms with Gasteiger partial charge >= 0.3 is 6.03 Å². The van der Waals surface area contributed by atoms with Gasteiger partial charge in [0.1, 0.15) is 5.75 Å². The molecule has 1 aromatic heterocycles. The maximum Gasteiger partial charge on any atom is 0.325 e. The van der Waals surface area contributed by atoms with Crippen molar-refractivity contribution in [2.24, 2.45) is 0 Å². The van der Waals surface area contributed by atoms with Crippen LogP contribution in [0.3, 0.4) is 0 Å². The fourth-order valence-corrected chi connectivity index (χ4v) is 3.28. The number of para-hydroxylation sites is 1. The summed E-state index contributed by atoms with van der Waals surface area (Å²) in [6.07, 6.45) is 0. The third-order valence-electron chi connectivity index (χ3n) is 2.91. The highest BCUT2D eigenvalue weighted by molar-refractivity contribution is 9.10. The van der Waals surface area contributed by atoms with E-state index in [0.717, 1.165) is 26.1 Å². The Labute approximate surface area is 139 Å². The van der Waals surface area contributed by atoms with Gasteiger partial charge in [-0.1, -0.05) is 29.5 Å². The van der Waals surface area contributed by atoms with Crippen LogP contribution in [0.1, 0.15) is 0 Å². The highest BCUT2D eigenvalue weighted by Crippen LogP contribution is 2.34. The van der Waals surface area contributed by atoms with E-state index in [1.54, 1.807) is 7.11 Å². The lowest BCUT2D eigenvalue weighted by Gasteiger charge is -2.04. The van der Waals surface area contributed by atoms with Crippen LogP contribution in [0.15, 0.2) is 46.9 Å². The van der Waals surface area contributed by atoms with Gasteiger partial charge in [0.05, 0.1) is 21.8 Å². The molecule has 0 atom stereocenters. The molecule has 0 bridgehead atoms. The fourth-order valence-electron chi connectivity index (χ4n) is 1.92. The lowest BCUT2D eigenvalue weighted by atomic mass is 10.3. The first kappa shape index (κ1) is 14.8. The molecule has 22 heavy (non-hydrogen) atoms. The number of urea groups is 1. The molecule has 3 rings (SSSR count). The predicted octanol–water partition coefficient (Wildman–Crippen LogP) is 4.71. The first-order chi connectivity index (χ1) is 10.7. The van der Waals surface area contributed by atoms with Crippen LogP contribution in [0.2, 0.25) is 0 Å². The average Bonchev–Trinajstić information content (AvgIpc) is 2.88. The Balaban J connectivity index is 1.77. The second kappa shape index (κ2) is 6.33. The van der Waals surface area contributed by atoms with Crippen molar-refractivity contribution in [3.63, 3.8) is 0 Å². The van der Waals surface area contributed by atoms with Crippen molar-refractivity contribution in [1.29, 1.82) is 0 Å². The molecule has 0 radical (unpaired) electrons. The number of carbonyl (C=O) groups excluding carboxylic acids is 1. The van der Waals surface area contributed by atoms with Gasteiger partial charge in [-0.3, -0.25) is 5.32 Å². The van der Waals surface area contributed by atoms with Gasteiger partial charge < -0.3 is 10.1 Å². The van der Waals surface area contributed by atoms with Crippen molar-refractivity contribution < 1.29 is 9.53 Å². The van der Waals surface area contributed by atoms with Crippen molar-refractivity contribution >= 4 is 54.3 Å². The third kappa shape index (κ3) is 3.20. The number of rotatable bonds is 3. The second-order valence-corrected chi connectivity index (χ2v) is 6.30. The number of benzene rings is 2. The van der Waals surface area contributed by atoms with Crippen LogP contribution in [0.25, 0.3) is 10.2 Å². The SMILES string of the molecule is COc1cc2sc(NC(=O)Nc3ccccc3)nc2cc1Br. The van der Waals surface area contributed by atoms with Crippen LogP contribution in [-0.2, 0) is 0 Å². The number of thiazole rings is 1. The number of nitrogens with zero attached hydrogens (tertiary/aromatic N) is 1. The molecule has 1 heterocycles. The number of fused-ring (bicyclic) bond motifs is 1. The van der Waals surface area contributed by atoms with Crippen LogP contribution in [-0.4, -0.2) is 18.1 Å². The van der Waals surface area contributed by atoms with Gasteiger partial charge in [-0.05, 0) is 34.1 Å². The molecule has 3 aromatic rings. The minimum atomic E-state index is -0.323. The molecule has 0 aliphatic heterocycles. The zero-order valence-corrected chi connectivity index (χ0v) is 14.0. The Morgan fingerprint density at radius 2 is 2.00 bits per heavy atom. The van der Waals surface area contributed by atoms with Crippen LogP contribution >= 0.6 is 27.3 Å². The van der Waals surface area contributed by atoms with Crippen molar-refractivity contribution in [1.82, 2.24) is 4.98 Å². The second-order valence-electron chi connectivity index (χ2n) is 4.42. The van der Waals surface area contributed by atoms with E-state index in [1.165, 1.54) is 11.3 Å². The van der Waals surface area contributed by atoms with Crippen molar-refractivity contribution in [3.8, 4) is 5.75 Å². The molecule has 5 nitrogen and oxygen atoms in total. The van der Waals surface area contributed by atoms with E-state index in [2.05, 4.69) is 31.5 Å². The van der Waals surface area contributed by atoms with Crippen LogP contribution < -0.4 is 15.4 Å². The summed E-state index contributed by atoms with van der Waals surface area (Å²) in [6.45, 7) is 0. The molecule has 0 saturated heterocycles. The summed E-state index contributed by atoms with van der Waals surface area (Å²) >= 11 is 4.81.